The number of carbonyl (C=O) groups is 1. The average Bonchev–Trinajstić information content (AvgIpc) is 2.30. The normalized spacial score (nSPS) is 9.93. The number of halogens is 1. The van der Waals surface area contributed by atoms with E-state index in [1.54, 1.807) is 30.3 Å². The van der Waals surface area contributed by atoms with E-state index in [1.165, 1.54) is 12.3 Å². The SMILES string of the molecule is O=Cc1cccnc1-c1ccccc1F. The second-order valence-electron chi connectivity index (χ2n) is 3.04. The Morgan fingerprint density at radius 1 is 1.13 bits per heavy atom. The highest BCUT2D eigenvalue weighted by Crippen LogP contribution is 2.22. The molecule has 0 atom stereocenters. The third-order valence-corrected chi connectivity index (χ3v) is 2.09. The monoisotopic (exact) mass is 201 g/mol. The Morgan fingerprint density at radius 2 is 1.93 bits per heavy atom. The third-order valence-electron chi connectivity index (χ3n) is 2.09. The van der Waals surface area contributed by atoms with Gasteiger partial charge in [0.25, 0.3) is 0 Å². The summed E-state index contributed by atoms with van der Waals surface area (Å²) < 4.78 is 13.4. The Balaban J connectivity index is 2.64. The maximum absolute atomic E-state index is 13.4. The minimum absolute atomic E-state index is 0.347. The molecule has 3 heteroatoms. The van der Waals surface area contributed by atoms with Crippen LogP contribution >= 0.6 is 0 Å². The van der Waals surface area contributed by atoms with Gasteiger partial charge in [-0.05, 0) is 24.3 Å². The molecule has 1 heterocycles. The van der Waals surface area contributed by atoms with E-state index >= 15 is 0 Å². The van der Waals surface area contributed by atoms with Gasteiger partial charge < -0.3 is 0 Å². The van der Waals surface area contributed by atoms with Crippen LogP contribution in [0.1, 0.15) is 10.4 Å². The van der Waals surface area contributed by atoms with Crippen LogP contribution in [0.5, 0.6) is 0 Å². The number of rotatable bonds is 2. The number of aldehydes is 1. The van der Waals surface area contributed by atoms with Gasteiger partial charge in [-0.25, -0.2) is 4.39 Å². The van der Waals surface area contributed by atoms with E-state index in [1.807, 2.05) is 0 Å². The maximum atomic E-state index is 13.4. The largest absolute Gasteiger partial charge is 0.298 e. The Morgan fingerprint density at radius 3 is 2.67 bits per heavy atom. The van der Waals surface area contributed by atoms with Crippen LogP contribution < -0.4 is 0 Å². The minimum Gasteiger partial charge on any atom is -0.298 e. The topological polar surface area (TPSA) is 30.0 Å². The van der Waals surface area contributed by atoms with Crippen LogP contribution in [0.3, 0.4) is 0 Å². The molecule has 1 aromatic carbocycles. The Hall–Kier alpha value is -2.03. The zero-order valence-corrected chi connectivity index (χ0v) is 7.85. The van der Waals surface area contributed by atoms with Gasteiger partial charge in [-0.1, -0.05) is 12.1 Å². The summed E-state index contributed by atoms with van der Waals surface area (Å²) in [5.74, 6) is -0.376. The van der Waals surface area contributed by atoms with Crippen molar-refractivity contribution in [3.8, 4) is 11.3 Å². The molecule has 2 nitrogen and oxygen atoms in total. The summed E-state index contributed by atoms with van der Waals surface area (Å²) in [4.78, 5) is 14.8. The predicted molar refractivity (Wildman–Crippen MR) is 55.0 cm³/mol. The van der Waals surface area contributed by atoms with Gasteiger partial charge in [-0.3, -0.25) is 9.78 Å². The molecule has 0 spiro atoms. The van der Waals surface area contributed by atoms with Gasteiger partial charge in [-0.2, -0.15) is 0 Å². The highest BCUT2D eigenvalue weighted by molar-refractivity contribution is 5.85. The lowest BCUT2D eigenvalue weighted by Crippen LogP contribution is -1.93. The Kier molecular flexibility index (Phi) is 2.54. The lowest BCUT2D eigenvalue weighted by Gasteiger charge is -2.03. The second kappa shape index (κ2) is 4.00. The van der Waals surface area contributed by atoms with Crippen molar-refractivity contribution < 1.29 is 9.18 Å². The summed E-state index contributed by atoms with van der Waals surface area (Å²) in [6, 6.07) is 9.52. The fourth-order valence-electron chi connectivity index (χ4n) is 1.39. The molecule has 2 rings (SSSR count). The molecule has 0 fully saturated rings. The molecule has 2 aromatic rings. The molecule has 0 aliphatic carbocycles. The van der Waals surface area contributed by atoms with Crippen molar-refractivity contribution >= 4 is 6.29 Å². The summed E-state index contributed by atoms with van der Waals surface area (Å²) in [6.07, 6.45) is 2.21. The van der Waals surface area contributed by atoms with E-state index in [9.17, 15) is 9.18 Å². The first-order valence-electron chi connectivity index (χ1n) is 4.48. The van der Waals surface area contributed by atoms with Crippen molar-refractivity contribution in [2.45, 2.75) is 0 Å². The quantitative estimate of drug-likeness (QED) is 0.699. The number of pyridine rings is 1. The van der Waals surface area contributed by atoms with Crippen LogP contribution in [0.25, 0.3) is 11.3 Å². The molecule has 0 N–H and O–H groups in total. The summed E-state index contributed by atoms with van der Waals surface area (Å²) >= 11 is 0. The molecular weight excluding hydrogens is 193 g/mol. The van der Waals surface area contributed by atoms with Gasteiger partial charge in [0.05, 0.1) is 5.69 Å². The van der Waals surface area contributed by atoms with Gasteiger partial charge in [0, 0.05) is 17.3 Å². The molecule has 15 heavy (non-hydrogen) atoms. The van der Waals surface area contributed by atoms with E-state index in [-0.39, 0.29) is 5.82 Å². The summed E-state index contributed by atoms with van der Waals surface area (Å²) in [5, 5.41) is 0. The fourth-order valence-corrected chi connectivity index (χ4v) is 1.39. The second-order valence-corrected chi connectivity index (χ2v) is 3.04. The fraction of sp³-hybridized carbons (Fsp3) is 0. The van der Waals surface area contributed by atoms with E-state index in [0.29, 0.717) is 23.1 Å². The van der Waals surface area contributed by atoms with Gasteiger partial charge in [0.1, 0.15) is 5.82 Å². The van der Waals surface area contributed by atoms with E-state index in [0.717, 1.165) is 0 Å². The van der Waals surface area contributed by atoms with Gasteiger partial charge in [-0.15, -0.1) is 0 Å². The first-order chi connectivity index (χ1) is 7.33. The first-order valence-corrected chi connectivity index (χ1v) is 4.48. The van der Waals surface area contributed by atoms with Crippen LogP contribution in [0.4, 0.5) is 4.39 Å². The van der Waals surface area contributed by atoms with Crippen LogP contribution in [-0.4, -0.2) is 11.3 Å². The molecule has 0 saturated carbocycles. The third kappa shape index (κ3) is 1.76. The van der Waals surface area contributed by atoms with Crippen molar-refractivity contribution in [1.82, 2.24) is 4.98 Å². The summed E-state index contributed by atoms with van der Waals surface area (Å²) in [7, 11) is 0. The first kappa shape index (κ1) is 9.52. The summed E-state index contributed by atoms with van der Waals surface area (Å²) in [6.45, 7) is 0. The molecule has 0 aliphatic heterocycles. The zero-order chi connectivity index (χ0) is 10.7. The van der Waals surface area contributed by atoms with Gasteiger partial charge in [0.15, 0.2) is 6.29 Å². The number of hydrogen-bond donors (Lipinski definition) is 0. The van der Waals surface area contributed by atoms with Gasteiger partial charge >= 0.3 is 0 Å². The van der Waals surface area contributed by atoms with Crippen LogP contribution in [0.2, 0.25) is 0 Å². The van der Waals surface area contributed by atoms with Crippen molar-refractivity contribution in [1.29, 1.82) is 0 Å². The smallest absolute Gasteiger partial charge is 0.152 e. The molecular formula is C12H8FNO. The van der Waals surface area contributed by atoms with Crippen molar-refractivity contribution in [2.75, 3.05) is 0 Å². The number of hydrogen-bond acceptors (Lipinski definition) is 2. The number of benzene rings is 1. The zero-order valence-electron chi connectivity index (χ0n) is 7.85. The highest BCUT2D eigenvalue weighted by atomic mass is 19.1. The van der Waals surface area contributed by atoms with Crippen molar-refractivity contribution in [3.05, 3.63) is 54.0 Å². The van der Waals surface area contributed by atoms with E-state index < -0.39 is 0 Å². The highest BCUT2D eigenvalue weighted by Gasteiger charge is 2.09. The minimum atomic E-state index is -0.376. The van der Waals surface area contributed by atoms with E-state index in [2.05, 4.69) is 4.98 Å². The number of aromatic nitrogens is 1. The lowest BCUT2D eigenvalue weighted by molar-refractivity contribution is 0.112. The molecule has 0 saturated heterocycles. The lowest BCUT2D eigenvalue weighted by atomic mass is 10.1. The molecule has 0 bridgehead atoms. The molecule has 0 amide bonds. The summed E-state index contributed by atoms with van der Waals surface area (Å²) in [5.41, 5.74) is 1.12. The molecule has 0 radical (unpaired) electrons. The number of nitrogens with zero attached hydrogens (tertiary/aromatic N) is 1. The molecule has 74 valence electrons. The maximum Gasteiger partial charge on any atom is 0.152 e. The van der Waals surface area contributed by atoms with Crippen LogP contribution in [-0.2, 0) is 0 Å². The van der Waals surface area contributed by atoms with E-state index in [4.69, 9.17) is 0 Å². The molecule has 0 unspecified atom stereocenters. The van der Waals surface area contributed by atoms with Crippen molar-refractivity contribution in [2.24, 2.45) is 0 Å². The average molecular weight is 201 g/mol. The van der Waals surface area contributed by atoms with Crippen LogP contribution in [0.15, 0.2) is 42.6 Å². The number of carbonyl (C=O) groups excluding carboxylic acids is 1. The Bertz CT molecular complexity index is 496. The van der Waals surface area contributed by atoms with Crippen LogP contribution in [0, 0.1) is 5.82 Å². The molecule has 1 aromatic heterocycles. The Labute approximate surface area is 86.4 Å². The van der Waals surface area contributed by atoms with Crippen molar-refractivity contribution in [3.63, 3.8) is 0 Å². The van der Waals surface area contributed by atoms with Gasteiger partial charge in [0.2, 0.25) is 0 Å². The standard InChI is InChI=1S/C12H8FNO/c13-11-6-2-1-5-10(11)12-9(8-15)4-3-7-14-12/h1-8H. The predicted octanol–water partition coefficient (Wildman–Crippen LogP) is 2.70. The molecule has 0 aliphatic rings.